The summed E-state index contributed by atoms with van der Waals surface area (Å²) in [7, 11) is 2.60. The van der Waals surface area contributed by atoms with E-state index in [0.717, 1.165) is 4.90 Å². The van der Waals surface area contributed by atoms with Crippen LogP contribution < -0.4 is 5.32 Å². The molecular formula is C20H24F2N4O5. The first kappa shape index (κ1) is 22.4. The third-order valence-corrected chi connectivity index (χ3v) is 4.80. The highest BCUT2D eigenvalue weighted by molar-refractivity contribution is 5.94. The summed E-state index contributed by atoms with van der Waals surface area (Å²) in [5.74, 6) is -3.46. The number of aromatic amines is 1. The van der Waals surface area contributed by atoms with Gasteiger partial charge in [-0.05, 0) is 44.7 Å². The number of benzene rings is 1. The Labute approximate surface area is 177 Å². The molecule has 31 heavy (non-hydrogen) atoms. The van der Waals surface area contributed by atoms with Crippen molar-refractivity contribution in [1.29, 1.82) is 0 Å². The topological polar surface area (TPSA) is 114 Å². The van der Waals surface area contributed by atoms with E-state index < -0.39 is 41.1 Å². The number of nitrogens with zero attached hydrogens (tertiary/aromatic N) is 2. The van der Waals surface area contributed by atoms with E-state index in [4.69, 9.17) is 4.74 Å². The molecule has 0 saturated carbocycles. The van der Waals surface area contributed by atoms with Gasteiger partial charge in [0.25, 0.3) is 0 Å². The first-order valence-corrected chi connectivity index (χ1v) is 9.61. The van der Waals surface area contributed by atoms with Crippen molar-refractivity contribution in [1.82, 2.24) is 14.9 Å². The molecule has 1 aliphatic rings. The summed E-state index contributed by atoms with van der Waals surface area (Å²) >= 11 is 0. The van der Waals surface area contributed by atoms with Crippen LogP contribution in [0.4, 0.5) is 19.5 Å². The molecule has 0 aliphatic heterocycles. The summed E-state index contributed by atoms with van der Waals surface area (Å²) in [6.07, 6.45) is -0.668. The van der Waals surface area contributed by atoms with Gasteiger partial charge in [0.05, 0.1) is 13.0 Å². The quantitative estimate of drug-likeness (QED) is 0.710. The van der Waals surface area contributed by atoms with Gasteiger partial charge >= 0.3 is 12.1 Å². The molecule has 168 valence electrons. The summed E-state index contributed by atoms with van der Waals surface area (Å²) < 4.78 is 39.7. The van der Waals surface area contributed by atoms with Crippen LogP contribution in [0.15, 0.2) is 0 Å². The van der Waals surface area contributed by atoms with Crippen molar-refractivity contribution in [2.24, 2.45) is 5.92 Å². The van der Waals surface area contributed by atoms with Gasteiger partial charge in [-0.2, -0.15) is 0 Å². The lowest BCUT2D eigenvalue weighted by Gasteiger charge is -2.24. The lowest BCUT2D eigenvalue weighted by atomic mass is 10.1. The molecule has 1 aromatic carbocycles. The Balaban J connectivity index is 1.77. The predicted molar refractivity (Wildman–Crippen MR) is 106 cm³/mol. The summed E-state index contributed by atoms with van der Waals surface area (Å²) in [5, 5.41) is 2.38. The molecule has 0 bridgehead atoms. The normalized spacial score (nSPS) is 13.8. The molecule has 1 atom stereocenters. The van der Waals surface area contributed by atoms with Gasteiger partial charge in [0.2, 0.25) is 11.9 Å². The average Bonchev–Trinajstić information content (AvgIpc) is 3.29. The van der Waals surface area contributed by atoms with E-state index in [2.05, 4.69) is 20.0 Å². The third-order valence-electron chi connectivity index (χ3n) is 4.80. The Hall–Kier alpha value is -3.24. The van der Waals surface area contributed by atoms with Crippen LogP contribution in [-0.4, -0.2) is 59.1 Å². The second-order valence-electron chi connectivity index (χ2n) is 8.41. The average molecular weight is 438 g/mol. The number of likely N-dealkylation sites (N-methyl/N-ethyl adjacent to an activating group) is 1. The molecule has 0 saturated heterocycles. The molecule has 1 unspecified atom stereocenters. The highest BCUT2D eigenvalue weighted by Gasteiger charge is 2.35. The monoisotopic (exact) mass is 438 g/mol. The highest BCUT2D eigenvalue weighted by atomic mass is 19.1. The molecule has 0 spiro atoms. The molecule has 2 aromatic rings. The SMILES string of the molecule is COC(=O)C1Cc2c(c(F)c3[nH]c(NC(=O)CN(C)C(=O)OC(C)(C)C)nc3c2F)C1. The maximum absolute atomic E-state index is 14.9. The van der Waals surface area contributed by atoms with Crippen LogP contribution in [0, 0.1) is 17.6 Å². The predicted octanol–water partition coefficient (Wildman–Crippen LogP) is 2.53. The van der Waals surface area contributed by atoms with Gasteiger partial charge in [0.1, 0.15) is 23.2 Å². The Morgan fingerprint density at radius 1 is 1.19 bits per heavy atom. The number of nitrogens with one attached hydrogen (secondary N) is 2. The van der Waals surface area contributed by atoms with Crippen LogP contribution >= 0.6 is 0 Å². The van der Waals surface area contributed by atoms with E-state index in [0.29, 0.717) is 0 Å². The smallest absolute Gasteiger partial charge is 0.410 e. The van der Waals surface area contributed by atoms with E-state index >= 15 is 0 Å². The third kappa shape index (κ3) is 4.59. The molecule has 3 rings (SSSR count). The zero-order valence-electron chi connectivity index (χ0n) is 17.9. The number of halogens is 2. The van der Waals surface area contributed by atoms with Gasteiger partial charge in [0, 0.05) is 7.05 Å². The second kappa shape index (κ2) is 8.12. The number of hydrogen-bond donors (Lipinski definition) is 2. The minimum absolute atomic E-state index is 0.00986. The maximum atomic E-state index is 14.9. The van der Waals surface area contributed by atoms with Crippen molar-refractivity contribution >= 4 is 35.0 Å². The molecule has 2 amide bonds. The van der Waals surface area contributed by atoms with Gasteiger partial charge in [-0.25, -0.2) is 18.6 Å². The van der Waals surface area contributed by atoms with Crippen molar-refractivity contribution in [3.63, 3.8) is 0 Å². The minimum atomic E-state index is -0.750. The number of H-pyrrole nitrogens is 1. The van der Waals surface area contributed by atoms with Crippen LogP contribution in [0.5, 0.6) is 0 Å². The Kier molecular flexibility index (Phi) is 5.88. The lowest BCUT2D eigenvalue weighted by molar-refractivity contribution is -0.145. The number of rotatable bonds is 4. The first-order valence-electron chi connectivity index (χ1n) is 9.61. The van der Waals surface area contributed by atoms with Gasteiger partial charge < -0.3 is 19.4 Å². The minimum Gasteiger partial charge on any atom is -0.469 e. The largest absolute Gasteiger partial charge is 0.469 e. The van der Waals surface area contributed by atoms with Crippen LogP contribution in [0.1, 0.15) is 31.9 Å². The van der Waals surface area contributed by atoms with E-state index in [1.165, 1.54) is 14.2 Å². The highest BCUT2D eigenvalue weighted by Crippen LogP contribution is 2.36. The molecule has 1 heterocycles. The molecule has 1 aromatic heterocycles. The maximum Gasteiger partial charge on any atom is 0.410 e. The van der Waals surface area contributed by atoms with Gasteiger partial charge in [-0.15, -0.1) is 0 Å². The first-order chi connectivity index (χ1) is 14.4. The van der Waals surface area contributed by atoms with Crippen molar-refractivity contribution in [2.75, 3.05) is 26.0 Å². The number of fused-ring (bicyclic) bond motifs is 2. The van der Waals surface area contributed by atoms with Crippen LogP contribution in [0.25, 0.3) is 11.0 Å². The number of anilines is 1. The number of imidazole rings is 1. The number of methoxy groups -OCH3 is 1. The fourth-order valence-electron chi connectivity index (χ4n) is 3.42. The zero-order chi connectivity index (χ0) is 23.1. The fraction of sp³-hybridized carbons (Fsp3) is 0.500. The lowest BCUT2D eigenvalue weighted by Crippen LogP contribution is -2.38. The van der Waals surface area contributed by atoms with Crippen molar-refractivity contribution in [3.8, 4) is 0 Å². The number of aromatic nitrogens is 2. The van der Waals surface area contributed by atoms with Crippen molar-refractivity contribution < 1.29 is 32.6 Å². The fourth-order valence-corrected chi connectivity index (χ4v) is 3.42. The van der Waals surface area contributed by atoms with Crippen molar-refractivity contribution in [3.05, 3.63) is 22.8 Å². The Bertz CT molecular complexity index is 1010. The molecule has 9 nitrogen and oxygen atoms in total. The van der Waals surface area contributed by atoms with Gasteiger partial charge in [-0.1, -0.05) is 0 Å². The van der Waals surface area contributed by atoms with E-state index in [1.54, 1.807) is 20.8 Å². The van der Waals surface area contributed by atoms with Crippen LogP contribution in [0.3, 0.4) is 0 Å². The standard InChI is InChI=1S/C20H24F2N4O5/c1-20(2,3)31-19(29)26(4)8-12(27)23-18-24-15-13(21)10-6-9(17(28)30-5)7-11(10)14(22)16(15)25-18/h9H,6-8H2,1-5H3,(H2,23,24,25,27). The molecule has 2 N–H and O–H groups in total. The molecule has 0 fully saturated rings. The second-order valence-corrected chi connectivity index (χ2v) is 8.41. The van der Waals surface area contributed by atoms with Crippen LogP contribution in [-0.2, 0) is 31.9 Å². The number of hydrogen-bond acceptors (Lipinski definition) is 6. The summed E-state index contributed by atoms with van der Waals surface area (Å²) in [4.78, 5) is 43.5. The van der Waals surface area contributed by atoms with E-state index in [-0.39, 0.29) is 47.5 Å². The number of carbonyl (C=O) groups is 3. The molecule has 0 radical (unpaired) electrons. The molecular weight excluding hydrogens is 414 g/mol. The zero-order valence-corrected chi connectivity index (χ0v) is 17.9. The van der Waals surface area contributed by atoms with E-state index in [9.17, 15) is 23.2 Å². The Morgan fingerprint density at radius 3 is 2.39 bits per heavy atom. The van der Waals surface area contributed by atoms with Gasteiger partial charge in [-0.3, -0.25) is 14.9 Å². The summed E-state index contributed by atoms with van der Waals surface area (Å²) in [6, 6.07) is 0. The van der Waals surface area contributed by atoms with Crippen LogP contribution in [0.2, 0.25) is 0 Å². The number of esters is 1. The number of ether oxygens (including phenoxy) is 2. The molecule has 11 heteroatoms. The molecule has 1 aliphatic carbocycles. The Morgan fingerprint density at radius 2 is 1.81 bits per heavy atom. The van der Waals surface area contributed by atoms with Gasteiger partial charge in [0.15, 0.2) is 11.6 Å². The number of carbonyl (C=O) groups excluding carboxylic acids is 3. The summed E-state index contributed by atoms with van der Waals surface area (Å²) in [5.41, 5.74) is -1.04. The van der Waals surface area contributed by atoms with E-state index in [1.807, 2.05) is 0 Å². The summed E-state index contributed by atoms with van der Waals surface area (Å²) in [6.45, 7) is 4.73. The van der Waals surface area contributed by atoms with Crippen molar-refractivity contribution in [2.45, 2.75) is 39.2 Å². The number of amides is 2.